The third-order valence-electron chi connectivity index (χ3n) is 3.22. The number of rotatable bonds is 5. The predicted molar refractivity (Wildman–Crippen MR) is 92.8 cm³/mol. The normalized spacial score (nSPS) is 10.8. The van der Waals surface area contributed by atoms with Crippen LogP contribution in [-0.2, 0) is 0 Å². The van der Waals surface area contributed by atoms with Crippen LogP contribution in [0.25, 0.3) is 11.3 Å². The Hall–Kier alpha value is -3.19. The molecule has 0 bridgehead atoms. The minimum Gasteiger partial charge on any atom is -0.495 e. The lowest BCUT2D eigenvalue weighted by Crippen LogP contribution is -2.18. The minimum absolute atomic E-state index is 0.174. The van der Waals surface area contributed by atoms with Crippen LogP contribution in [0.2, 0.25) is 5.02 Å². The SMILES string of the molecule is COc1ccc(-c2ccc(/C=N/NC(=O)c3cnccn3)o2)cc1Cl. The number of methoxy groups -OCH3 is 1. The maximum atomic E-state index is 11.8. The Kier molecular flexibility index (Phi) is 5.06. The van der Waals surface area contributed by atoms with E-state index in [0.29, 0.717) is 22.3 Å². The summed E-state index contributed by atoms with van der Waals surface area (Å²) in [6, 6.07) is 8.85. The van der Waals surface area contributed by atoms with Crippen molar-refractivity contribution >= 4 is 23.7 Å². The van der Waals surface area contributed by atoms with Crippen LogP contribution in [0.3, 0.4) is 0 Å². The summed E-state index contributed by atoms with van der Waals surface area (Å²) in [5.74, 6) is 1.22. The summed E-state index contributed by atoms with van der Waals surface area (Å²) in [7, 11) is 1.55. The monoisotopic (exact) mass is 356 g/mol. The Labute approximate surface area is 148 Å². The van der Waals surface area contributed by atoms with Gasteiger partial charge in [-0.15, -0.1) is 0 Å². The number of ether oxygens (including phenoxy) is 1. The maximum absolute atomic E-state index is 11.8. The first-order valence-electron chi connectivity index (χ1n) is 7.20. The maximum Gasteiger partial charge on any atom is 0.291 e. The first kappa shape index (κ1) is 16.7. The third kappa shape index (κ3) is 4.02. The molecule has 2 heterocycles. The average molecular weight is 357 g/mol. The topological polar surface area (TPSA) is 89.6 Å². The van der Waals surface area contributed by atoms with Crippen molar-refractivity contribution in [1.82, 2.24) is 15.4 Å². The van der Waals surface area contributed by atoms with Crippen LogP contribution in [0.4, 0.5) is 0 Å². The van der Waals surface area contributed by atoms with E-state index in [9.17, 15) is 4.79 Å². The van der Waals surface area contributed by atoms with Gasteiger partial charge in [0.05, 0.1) is 24.5 Å². The molecule has 1 aromatic carbocycles. The molecule has 0 atom stereocenters. The molecular formula is C17H13ClN4O3. The van der Waals surface area contributed by atoms with Crippen LogP contribution in [0, 0.1) is 0 Å². The van der Waals surface area contributed by atoms with Crippen molar-refractivity contribution in [3.05, 3.63) is 65.4 Å². The molecule has 0 spiro atoms. The predicted octanol–water partition coefficient (Wildman–Crippen LogP) is 3.16. The number of furan rings is 1. The molecule has 3 aromatic rings. The van der Waals surface area contributed by atoms with Crippen LogP contribution in [0.5, 0.6) is 5.75 Å². The summed E-state index contributed by atoms with van der Waals surface area (Å²) < 4.78 is 10.8. The highest BCUT2D eigenvalue weighted by Crippen LogP contribution is 2.30. The fraction of sp³-hybridized carbons (Fsp3) is 0.0588. The summed E-state index contributed by atoms with van der Waals surface area (Å²) in [6.07, 6.45) is 5.65. The second-order valence-electron chi connectivity index (χ2n) is 4.84. The van der Waals surface area contributed by atoms with Crippen LogP contribution in [0.15, 0.2) is 58.4 Å². The molecule has 7 nitrogen and oxygen atoms in total. The molecule has 0 saturated heterocycles. The van der Waals surface area contributed by atoms with Gasteiger partial charge in [-0.2, -0.15) is 5.10 Å². The summed E-state index contributed by atoms with van der Waals surface area (Å²) in [5, 5.41) is 4.33. The Bertz CT molecular complexity index is 909. The van der Waals surface area contributed by atoms with Crippen molar-refractivity contribution in [2.75, 3.05) is 7.11 Å². The Morgan fingerprint density at radius 1 is 1.32 bits per heavy atom. The zero-order chi connectivity index (χ0) is 17.6. The number of aromatic nitrogens is 2. The molecule has 2 aromatic heterocycles. The molecule has 1 N–H and O–H groups in total. The van der Waals surface area contributed by atoms with Gasteiger partial charge < -0.3 is 9.15 Å². The molecule has 0 aliphatic rings. The smallest absolute Gasteiger partial charge is 0.291 e. The van der Waals surface area contributed by atoms with Gasteiger partial charge in [0, 0.05) is 18.0 Å². The molecule has 0 aliphatic heterocycles. The van der Waals surface area contributed by atoms with Crippen LogP contribution in [0.1, 0.15) is 16.2 Å². The standard InChI is InChI=1S/C17H13ClN4O3/c1-24-16-4-2-11(8-13(16)18)15-5-3-12(25-15)9-21-22-17(23)14-10-19-6-7-20-14/h2-10H,1H3,(H,22,23)/b21-9+. The van der Waals surface area contributed by atoms with Crippen molar-refractivity contribution in [3.8, 4) is 17.1 Å². The van der Waals surface area contributed by atoms with E-state index < -0.39 is 5.91 Å². The lowest BCUT2D eigenvalue weighted by Gasteiger charge is -2.04. The van der Waals surface area contributed by atoms with E-state index in [1.807, 2.05) is 6.07 Å². The van der Waals surface area contributed by atoms with Crippen molar-refractivity contribution in [2.24, 2.45) is 5.10 Å². The number of amides is 1. The second kappa shape index (κ2) is 7.59. The van der Waals surface area contributed by atoms with E-state index in [1.165, 1.54) is 24.8 Å². The quantitative estimate of drug-likeness (QED) is 0.560. The van der Waals surface area contributed by atoms with E-state index in [1.54, 1.807) is 31.4 Å². The van der Waals surface area contributed by atoms with Crippen molar-refractivity contribution in [1.29, 1.82) is 0 Å². The van der Waals surface area contributed by atoms with Gasteiger partial charge in [-0.3, -0.25) is 9.78 Å². The summed E-state index contributed by atoms with van der Waals surface area (Å²) >= 11 is 6.11. The average Bonchev–Trinajstić information content (AvgIpc) is 3.11. The van der Waals surface area contributed by atoms with Crippen LogP contribution in [-0.4, -0.2) is 29.2 Å². The summed E-state index contributed by atoms with van der Waals surface area (Å²) in [6.45, 7) is 0. The van der Waals surface area contributed by atoms with Gasteiger partial charge >= 0.3 is 0 Å². The van der Waals surface area contributed by atoms with Gasteiger partial charge in [-0.1, -0.05) is 11.6 Å². The molecule has 1 amide bonds. The molecule has 0 unspecified atom stereocenters. The highest BCUT2D eigenvalue weighted by atomic mass is 35.5. The van der Waals surface area contributed by atoms with E-state index >= 15 is 0 Å². The molecule has 0 fully saturated rings. The fourth-order valence-corrected chi connectivity index (χ4v) is 2.28. The number of nitrogens with zero attached hydrogens (tertiary/aromatic N) is 3. The lowest BCUT2D eigenvalue weighted by molar-refractivity contribution is 0.0949. The van der Waals surface area contributed by atoms with Crippen molar-refractivity contribution in [3.63, 3.8) is 0 Å². The summed E-state index contributed by atoms with van der Waals surface area (Å²) in [4.78, 5) is 19.5. The third-order valence-corrected chi connectivity index (χ3v) is 3.51. The van der Waals surface area contributed by atoms with Crippen molar-refractivity contribution in [2.45, 2.75) is 0 Å². The number of carbonyl (C=O) groups excluding carboxylic acids is 1. The highest BCUT2D eigenvalue weighted by molar-refractivity contribution is 6.32. The number of nitrogens with one attached hydrogen (secondary N) is 1. The first-order chi connectivity index (χ1) is 12.2. The Balaban J connectivity index is 1.67. The van der Waals surface area contributed by atoms with E-state index in [-0.39, 0.29) is 5.69 Å². The fourth-order valence-electron chi connectivity index (χ4n) is 2.03. The molecule has 3 rings (SSSR count). The van der Waals surface area contributed by atoms with Gasteiger partial charge in [-0.05, 0) is 30.3 Å². The number of halogens is 1. The molecule has 126 valence electrons. The Morgan fingerprint density at radius 2 is 2.20 bits per heavy atom. The van der Waals surface area contributed by atoms with E-state index in [2.05, 4.69) is 20.5 Å². The number of carbonyl (C=O) groups is 1. The minimum atomic E-state index is -0.460. The number of hydrazone groups is 1. The van der Waals surface area contributed by atoms with Gasteiger partial charge in [0.15, 0.2) is 0 Å². The summed E-state index contributed by atoms with van der Waals surface area (Å²) in [5.41, 5.74) is 3.32. The highest BCUT2D eigenvalue weighted by Gasteiger charge is 2.08. The molecular weight excluding hydrogens is 344 g/mol. The molecule has 25 heavy (non-hydrogen) atoms. The molecule has 8 heteroatoms. The number of benzene rings is 1. The van der Waals surface area contributed by atoms with E-state index in [0.717, 1.165) is 5.56 Å². The van der Waals surface area contributed by atoms with Crippen molar-refractivity contribution < 1.29 is 13.9 Å². The van der Waals surface area contributed by atoms with Gasteiger partial charge in [-0.25, -0.2) is 10.4 Å². The first-order valence-corrected chi connectivity index (χ1v) is 7.58. The second-order valence-corrected chi connectivity index (χ2v) is 5.25. The van der Waals surface area contributed by atoms with Gasteiger partial charge in [0.1, 0.15) is 23.0 Å². The van der Waals surface area contributed by atoms with Gasteiger partial charge in [0.25, 0.3) is 5.91 Å². The van der Waals surface area contributed by atoms with E-state index in [4.69, 9.17) is 20.8 Å². The van der Waals surface area contributed by atoms with Crippen LogP contribution < -0.4 is 10.2 Å². The molecule has 0 aliphatic carbocycles. The largest absolute Gasteiger partial charge is 0.495 e. The molecule has 0 saturated carbocycles. The molecule has 0 radical (unpaired) electrons. The number of hydrogen-bond donors (Lipinski definition) is 1. The number of hydrogen-bond acceptors (Lipinski definition) is 6. The van der Waals surface area contributed by atoms with Crippen LogP contribution >= 0.6 is 11.6 Å². The Morgan fingerprint density at radius 3 is 2.92 bits per heavy atom. The lowest BCUT2D eigenvalue weighted by atomic mass is 10.2. The van der Waals surface area contributed by atoms with Gasteiger partial charge in [0.2, 0.25) is 0 Å². The zero-order valence-corrected chi connectivity index (χ0v) is 13.9. The zero-order valence-electron chi connectivity index (χ0n) is 13.1.